The molecule has 0 radical (unpaired) electrons. The van der Waals surface area contributed by atoms with Crippen molar-refractivity contribution in [2.24, 2.45) is 5.73 Å². The van der Waals surface area contributed by atoms with Crippen LogP contribution in [-0.4, -0.2) is 12.7 Å². The molecule has 0 spiro atoms. The van der Waals surface area contributed by atoms with E-state index in [9.17, 15) is 0 Å². The summed E-state index contributed by atoms with van der Waals surface area (Å²) in [5.41, 5.74) is 9.13. The second-order valence-corrected chi connectivity index (χ2v) is 9.94. The predicted octanol–water partition coefficient (Wildman–Crippen LogP) is 5.15. The van der Waals surface area contributed by atoms with Gasteiger partial charge in [-0.05, 0) is 35.8 Å². The van der Waals surface area contributed by atoms with Gasteiger partial charge < -0.3 is 11.1 Å². The van der Waals surface area contributed by atoms with Gasteiger partial charge in [-0.1, -0.05) is 121 Å². The second-order valence-electron chi connectivity index (χ2n) is 7.60. The van der Waals surface area contributed by atoms with Crippen molar-refractivity contribution >= 4 is 18.5 Å². The molecule has 2 unspecified atom stereocenters. The van der Waals surface area contributed by atoms with E-state index < -0.39 is 7.92 Å². The Morgan fingerprint density at radius 3 is 1.48 bits per heavy atom. The molecule has 4 aromatic carbocycles. The lowest BCUT2D eigenvalue weighted by Gasteiger charge is -2.27. The molecular weight excluding hydrogens is 395 g/mol. The Morgan fingerprint density at radius 1 is 0.581 bits per heavy atom. The van der Waals surface area contributed by atoms with Gasteiger partial charge in [0.05, 0.1) is 6.04 Å². The van der Waals surface area contributed by atoms with Crippen molar-refractivity contribution in [3.05, 3.63) is 132 Å². The van der Waals surface area contributed by atoms with Gasteiger partial charge in [-0.15, -0.1) is 0 Å². The van der Waals surface area contributed by atoms with Crippen LogP contribution in [0, 0.1) is 0 Å². The van der Waals surface area contributed by atoms with Crippen molar-refractivity contribution in [1.29, 1.82) is 0 Å². The maximum atomic E-state index is 6.75. The minimum atomic E-state index is -0.427. The van der Waals surface area contributed by atoms with E-state index in [4.69, 9.17) is 5.73 Å². The average Bonchev–Trinajstić information content (AvgIpc) is 2.86. The van der Waals surface area contributed by atoms with Crippen molar-refractivity contribution in [1.82, 2.24) is 5.32 Å². The van der Waals surface area contributed by atoms with Gasteiger partial charge in [-0.2, -0.15) is 0 Å². The van der Waals surface area contributed by atoms with Crippen LogP contribution in [-0.2, 0) is 0 Å². The van der Waals surface area contributed by atoms with Crippen LogP contribution >= 0.6 is 7.92 Å². The topological polar surface area (TPSA) is 38.0 Å². The van der Waals surface area contributed by atoms with Gasteiger partial charge in [0, 0.05) is 12.6 Å². The highest BCUT2D eigenvalue weighted by atomic mass is 31.1. The van der Waals surface area contributed by atoms with E-state index in [0.717, 1.165) is 18.3 Å². The number of rotatable bonds is 9. The SMILES string of the molecule is NC(c1ccccc1)C(NCCP(c1ccccc1)c1ccccc1)c1ccccc1. The Balaban J connectivity index is 1.53. The normalized spacial score (nSPS) is 13.1. The lowest BCUT2D eigenvalue weighted by atomic mass is 9.94. The molecular formula is C28H29N2P. The Kier molecular flexibility index (Phi) is 7.63. The summed E-state index contributed by atoms with van der Waals surface area (Å²) in [5, 5.41) is 6.62. The molecule has 0 saturated carbocycles. The highest BCUT2D eigenvalue weighted by molar-refractivity contribution is 7.73. The summed E-state index contributed by atoms with van der Waals surface area (Å²) in [6.07, 6.45) is 1.06. The molecule has 0 saturated heterocycles. The van der Waals surface area contributed by atoms with Crippen LogP contribution in [0.2, 0.25) is 0 Å². The van der Waals surface area contributed by atoms with Gasteiger partial charge in [-0.25, -0.2) is 0 Å². The summed E-state index contributed by atoms with van der Waals surface area (Å²) < 4.78 is 0. The van der Waals surface area contributed by atoms with E-state index >= 15 is 0 Å². The van der Waals surface area contributed by atoms with Gasteiger partial charge in [0.2, 0.25) is 0 Å². The molecule has 0 aliphatic rings. The zero-order valence-corrected chi connectivity index (χ0v) is 18.5. The molecule has 0 aromatic heterocycles. The fourth-order valence-corrected chi connectivity index (χ4v) is 6.17. The van der Waals surface area contributed by atoms with Crippen LogP contribution in [0.15, 0.2) is 121 Å². The Bertz CT molecular complexity index is 984. The number of nitrogens with two attached hydrogens (primary N) is 1. The largest absolute Gasteiger partial charge is 0.322 e. The van der Waals surface area contributed by atoms with E-state index in [-0.39, 0.29) is 12.1 Å². The summed E-state index contributed by atoms with van der Waals surface area (Å²) in [5.74, 6) is 0. The maximum Gasteiger partial charge on any atom is 0.0516 e. The summed E-state index contributed by atoms with van der Waals surface area (Å²) in [7, 11) is -0.427. The molecule has 3 heteroatoms. The first kappa shape index (κ1) is 21.5. The third kappa shape index (κ3) is 5.68. The first-order valence-electron chi connectivity index (χ1n) is 10.8. The zero-order chi connectivity index (χ0) is 21.3. The molecule has 4 aromatic rings. The van der Waals surface area contributed by atoms with Gasteiger partial charge in [-0.3, -0.25) is 0 Å². The number of hydrogen-bond acceptors (Lipinski definition) is 2. The molecule has 0 heterocycles. The van der Waals surface area contributed by atoms with Crippen molar-refractivity contribution in [3.8, 4) is 0 Å². The molecule has 0 fully saturated rings. The third-order valence-corrected chi connectivity index (χ3v) is 8.05. The smallest absolute Gasteiger partial charge is 0.0516 e. The maximum absolute atomic E-state index is 6.75. The Labute approximate surface area is 186 Å². The highest BCUT2D eigenvalue weighted by Crippen LogP contribution is 2.33. The monoisotopic (exact) mass is 424 g/mol. The van der Waals surface area contributed by atoms with Crippen molar-refractivity contribution in [2.45, 2.75) is 12.1 Å². The van der Waals surface area contributed by atoms with Gasteiger partial charge in [0.25, 0.3) is 0 Å². The van der Waals surface area contributed by atoms with Crippen LogP contribution in [0.4, 0.5) is 0 Å². The number of nitrogens with one attached hydrogen (secondary N) is 1. The van der Waals surface area contributed by atoms with Crippen molar-refractivity contribution < 1.29 is 0 Å². The predicted molar refractivity (Wildman–Crippen MR) is 134 cm³/mol. The molecule has 31 heavy (non-hydrogen) atoms. The number of benzene rings is 4. The standard InChI is InChI=1S/C28H29N2P/c29-27(23-13-5-1-6-14-23)28(24-15-7-2-8-16-24)30-21-22-31(25-17-9-3-10-18-25)26-19-11-4-12-20-26/h1-20,27-28,30H,21-22,29H2. The molecule has 2 atom stereocenters. The van der Waals surface area contributed by atoms with Crippen LogP contribution in [0.1, 0.15) is 23.2 Å². The van der Waals surface area contributed by atoms with Crippen molar-refractivity contribution in [3.63, 3.8) is 0 Å². The van der Waals surface area contributed by atoms with E-state index in [0.29, 0.717) is 0 Å². The molecule has 3 N–H and O–H groups in total. The zero-order valence-electron chi connectivity index (χ0n) is 17.6. The lowest BCUT2D eigenvalue weighted by Crippen LogP contribution is -2.34. The Morgan fingerprint density at radius 2 is 1.00 bits per heavy atom. The summed E-state index contributed by atoms with van der Waals surface area (Å²) >= 11 is 0. The molecule has 156 valence electrons. The van der Waals surface area contributed by atoms with E-state index in [1.807, 2.05) is 6.07 Å². The molecule has 0 amide bonds. The first-order chi connectivity index (χ1) is 15.3. The molecule has 0 aliphatic heterocycles. The molecule has 2 nitrogen and oxygen atoms in total. The van der Waals surface area contributed by atoms with Crippen LogP contribution in [0.5, 0.6) is 0 Å². The minimum Gasteiger partial charge on any atom is -0.322 e. The van der Waals surface area contributed by atoms with Gasteiger partial charge in [0.1, 0.15) is 0 Å². The quantitative estimate of drug-likeness (QED) is 0.365. The van der Waals surface area contributed by atoms with Crippen LogP contribution < -0.4 is 21.7 Å². The lowest BCUT2D eigenvalue weighted by molar-refractivity contribution is 0.466. The third-order valence-electron chi connectivity index (χ3n) is 5.54. The van der Waals surface area contributed by atoms with Crippen LogP contribution in [0.3, 0.4) is 0 Å². The minimum absolute atomic E-state index is 0.0620. The fraction of sp³-hybridized carbons (Fsp3) is 0.143. The second kappa shape index (κ2) is 11.0. The van der Waals surface area contributed by atoms with E-state index in [1.54, 1.807) is 0 Å². The highest BCUT2D eigenvalue weighted by Gasteiger charge is 2.22. The fourth-order valence-electron chi connectivity index (χ4n) is 3.94. The first-order valence-corrected chi connectivity index (χ1v) is 12.3. The summed E-state index contributed by atoms with van der Waals surface area (Å²) in [6, 6.07) is 42.6. The molecule has 0 bridgehead atoms. The van der Waals surface area contributed by atoms with Crippen LogP contribution in [0.25, 0.3) is 0 Å². The Hall–Kier alpha value is -2.77. The van der Waals surface area contributed by atoms with Crippen molar-refractivity contribution in [2.75, 3.05) is 12.7 Å². The summed E-state index contributed by atoms with van der Waals surface area (Å²) in [4.78, 5) is 0. The summed E-state index contributed by atoms with van der Waals surface area (Å²) in [6.45, 7) is 0.898. The van der Waals surface area contributed by atoms with E-state index in [2.05, 4.69) is 121 Å². The molecule has 4 rings (SSSR count). The van der Waals surface area contributed by atoms with Gasteiger partial charge >= 0.3 is 0 Å². The number of hydrogen-bond donors (Lipinski definition) is 2. The average molecular weight is 425 g/mol. The van der Waals surface area contributed by atoms with E-state index in [1.165, 1.54) is 16.2 Å². The molecule has 0 aliphatic carbocycles. The van der Waals surface area contributed by atoms with Gasteiger partial charge in [0.15, 0.2) is 0 Å².